The highest BCUT2D eigenvalue weighted by molar-refractivity contribution is 7.13. The molecule has 1 N–H and O–H groups in total. The molecule has 0 unspecified atom stereocenters. The second-order valence-corrected chi connectivity index (χ2v) is 5.17. The number of hydrogen-bond donors (Lipinski definition) is 1. The fourth-order valence-corrected chi connectivity index (χ4v) is 3.07. The lowest BCUT2D eigenvalue weighted by atomic mass is 10.0. The Hall–Kier alpha value is -0.610. The van der Waals surface area contributed by atoms with E-state index in [0.717, 1.165) is 13.1 Å². The van der Waals surface area contributed by atoms with Crippen LogP contribution < -0.4 is 10.2 Å². The van der Waals surface area contributed by atoms with Crippen molar-refractivity contribution in [2.75, 3.05) is 18.0 Å². The maximum atomic E-state index is 4.44. The topological polar surface area (TPSA) is 28.2 Å². The first-order chi connectivity index (χ1) is 7.29. The SMILES string of the molecule is CC(C)N(c1nccs1)C1CCNCC1. The molecular weight excluding hydrogens is 206 g/mol. The van der Waals surface area contributed by atoms with Gasteiger partial charge >= 0.3 is 0 Å². The molecule has 0 radical (unpaired) electrons. The van der Waals surface area contributed by atoms with E-state index in [1.54, 1.807) is 11.3 Å². The van der Waals surface area contributed by atoms with E-state index in [1.165, 1.54) is 18.0 Å². The number of thiazole rings is 1. The third-order valence-corrected chi connectivity index (χ3v) is 3.68. The monoisotopic (exact) mass is 225 g/mol. The Morgan fingerprint density at radius 3 is 2.73 bits per heavy atom. The molecule has 1 aromatic heterocycles. The highest BCUT2D eigenvalue weighted by Crippen LogP contribution is 2.25. The fourth-order valence-electron chi connectivity index (χ4n) is 2.23. The minimum absolute atomic E-state index is 0.541. The maximum absolute atomic E-state index is 4.44. The number of hydrogen-bond acceptors (Lipinski definition) is 4. The molecule has 0 aromatic carbocycles. The van der Waals surface area contributed by atoms with Gasteiger partial charge in [0.1, 0.15) is 0 Å². The van der Waals surface area contributed by atoms with Crippen molar-refractivity contribution < 1.29 is 0 Å². The molecule has 0 aliphatic carbocycles. The average Bonchev–Trinajstić information content (AvgIpc) is 2.72. The second kappa shape index (κ2) is 4.94. The molecule has 1 saturated heterocycles. The van der Waals surface area contributed by atoms with Gasteiger partial charge in [0.15, 0.2) is 5.13 Å². The van der Waals surface area contributed by atoms with Gasteiger partial charge in [-0.2, -0.15) is 0 Å². The fraction of sp³-hybridized carbons (Fsp3) is 0.727. The molecule has 1 aromatic rings. The number of nitrogens with zero attached hydrogens (tertiary/aromatic N) is 2. The van der Waals surface area contributed by atoms with Crippen molar-refractivity contribution in [2.24, 2.45) is 0 Å². The van der Waals surface area contributed by atoms with Gasteiger partial charge in [0, 0.05) is 23.7 Å². The number of anilines is 1. The molecule has 2 rings (SSSR count). The molecule has 1 aliphatic heterocycles. The summed E-state index contributed by atoms with van der Waals surface area (Å²) in [5.41, 5.74) is 0. The molecule has 3 nitrogen and oxygen atoms in total. The Labute approximate surface area is 95.5 Å². The van der Waals surface area contributed by atoms with Crippen molar-refractivity contribution in [2.45, 2.75) is 38.8 Å². The quantitative estimate of drug-likeness (QED) is 0.854. The molecule has 1 aliphatic rings. The van der Waals surface area contributed by atoms with Gasteiger partial charge < -0.3 is 10.2 Å². The van der Waals surface area contributed by atoms with Crippen molar-refractivity contribution >= 4 is 16.5 Å². The van der Waals surface area contributed by atoms with E-state index in [1.807, 2.05) is 6.20 Å². The number of aromatic nitrogens is 1. The van der Waals surface area contributed by atoms with Crippen molar-refractivity contribution in [1.29, 1.82) is 0 Å². The summed E-state index contributed by atoms with van der Waals surface area (Å²) in [6.07, 6.45) is 4.37. The zero-order chi connectivity index (χ0) is 10.7. The molecule has 2 heterocycles. The summed E-state index contributed by atoms with van der Waals surface area (Å²) in [5, 5.41) is 6.65. The number of piperidine rings is 1. The zero-order valence-corrected chi connectivity index (χ0v) is 10.3. The van der Waals surface area contributed by atoms with E-state index in [4.69, 9.17) is 0 Å². The van der Waals surface area contributed by atoms with Crippen LogP contribution in [0.25, 0.3) is 0 Å². The number of rotatable bonds is 3. The Morgan fingerprint density at radius 1 is 1.47 bits per heavy atom. The van der Waals surface area contributed by atoms with Crippen LogP contribution in [-0.2, 0) is 0 Å². The van der Waals surface area contributed by atoms with E-state index in [0.29, 0.717) is 12.1 Å². The third-order valence-electron chi connectivity index (χ3n) is 2.90. The molecule has 0 bridgehead atoms. The maximum Gasteiger partial charge on any atom is 0.185 e. The van der Waals surface area contributed by atoms with E-state index in [9.17, 15) is 0 Å². The Kier molecular flexibility index (Phi) is 3.59. The predicted molar refractivity (Wildman–Crippen MR) is 65.6 cm³/mol. The summed E-state index contributed by atoms with van der Waals surface area (Å²) < 4.78 is 0. The van der Waals surface area contributed by atoms with E-state index < -0.39 is 0 Å². The van der Waals surface area contributed by atoms with Crippen LogP contribution >= 0.6 is 11.3 Å². The lowest BCUT2D eigenvalue weighted by molar-refractivity contribution is 0.412. The minimum Gasteiger partial charge on any atom is -0.343 e. The van der Waals surface area contributed by atoms with Gasteiger partial charge in [0.2, 0.25) is 0 Å². The van der Waals surface area contributed by atoms with Gasteiger partial charge in [-0.3, -0.25) is 0 Å². The van der Waals surface area contributed by atoms with Crippen LogP contribution in [0.3, 0.4) is 0 Å². The minimum atomic E-state index is 0.541. The van der Waals surface area contributed by atoms with Crippen molar-refractivity contribution in [1.82, 2.24) is 10.3 Å². The Morgan fingerprint density at radius 2 is 2.20 bits per heavy atom. The molecule has 15 heavy (non-hydrogen) atoms. The molecule has 0 spiro atoms. The van der Waals surface area contributed by atoms with Crippen LogP contribution in [0.15, 0.2) is 11.6 Å². The molecule has 0 atom stereocenters. The lowest BCUT2D eigenvalue weighted by Crippen LogP contribution is -2.46. The Bertz CT molecular complexity index is 278. The molecular formula is C11H19N3S. The first-order valence-electron chi connectivity index (χ1n) is 5.67. The largest absolute Gasteiger partial charge is 0.343 e. The van der Waals surface area contributed by atoms with Crippen molar-refractivity contribution in [3.05, 3.63) is 11.6 Å². The van der Waals surface area contributed by atoms with Gasteiger partial charge in [0.05, 0.1) is 0 Å². The van der Waals surface area contributed by atoms with E-state index >= 15 is 0 Å². The zero-order valence-electron chi connectivity index (χ0n) is 9.44. The predicted octanol–water partition coefficient (Wildman–Crippen LogP) is 2.11. The summed E-state index contributed by atoms with van der Waals surface area (Å²) in [4.78, 5) is 6.91. The Balaban J connectivity index is 2.12. The first-order valence-corrected chi connectivity index (χ1v) is 6.55. The highest BCUT2D eigenvalue weighted by atomic mass is 32.1. The van der Waals surface area contributed by atoms with Crippen LogP contribution in [0.4, 0.5) is 5.13 Å². The van der Waals surface area contributed by atoms with Gasteiger partial charge in [-0.15, -0.1) is 11.3 Å². The van der Waals surface area contributed by atoms with E-state index in [2.05, 4.69) is 34.4 Å². The van der Waals surface area contributed by atoms with Crippen LogP contribution in [0.1, 0.15) is 26.7 Å². The summed E-state index contributed by atoms with van der Waals surface area (Å²) in [7, 11) is 0. The van der Waals surface area contributed by atoms with Gasteiger partial charge in [0.25, 0.3) is 0 Å². The highest BCUT2D eigenvalue weighted by Gasteiger charge is 2.24. The van der Waals surface area contributed by atoms with Crippen LogP contribution in [0.2, 0.25) is 0 Å². The molecule has 1 fully saturated rings. The summed E-state index contributed by atoms with van der Waals surface area (Å²) in [5.74, 6) is 0. The third kappa shape index (κ3) is 2.49. The van der Waals surface area contributed by atoms with Crippen molar-refractivity contribution in [3.63, 3.8) is 0 Å². The first kappa shape index (κ1) is 10.9. The average molecular weight is 225 g/mol. The van der Waals surface area contributed by atoms with Gasteiger partial charge in [-0.1, -0.05) is 0 Å². The number of nitrogens with one attached hydrogen (secondary N) is 1. The molecule has 0 saturated carbocycles. The van der Waals surface area contributed by atoms with E-state index in [-0.39, 0.29) is 0 Å². The normalized spacial score (nSPS) is 18.3. The molecule has 84 valence electrons. The summed E-state index contributed by atoms with van der Waals surface area (Å²) >= 11 is 1.75. The van der Waals surface area contributed by atoms with Crippen LogP contribution in [0.5, 0.6) is 0 Å². The van der Waals surface area contributed by atoms with Gasteiger partial charge in [-0.05, 0) is 39.8 Å². The smallest absolute Gasteiger partial charge is 0.185 e. The van der Waals surface area contributed by atoms with Crippen LogP contribution in [0, 0.1) is 0 Å². The molecule has 0 amide bonds. The summed E-state index contributed by atoms with van der Waals surface area (Å²) in [6.45, 7) is 6.78. The lowest BCUT2D eigenvalue weighted by Gasteiger charge is -2.37. The van der Waals surface area contributed by atoms with Gasteiger partial charge in [-0.25, -0.2) is 4.98 Å². The standard InChI is InChI=1S/C11H19N3S/c1-9(2)14(11-13-7-8-15-11)10-3-5-12-6-4-10/h7-10,12H,3-6H2,1-2H3. The van der Waals surface area contributed by atoms with Crippen molar-refractivity contribution in [3.8, 4) is 0 Å². The molecule has 4 heteroatoms. The summed E-state index contributed by atoms with van der Waals surface area (Å²) in [6, 6.07) is 1.21. The van der Waals surface area contributed by atoms with Crippen LogP contribution in [-0.4, -0.2) is 30.2 Å². The second-order valence-electron chi connectivity index (χ2n) is 4.30.